The van der Waals surface area contributed by atoms with E-state index >= 15 is 0 Å². The van der Waals surface area contributed by atoms with Crippen LogP contribution in [-0.4, -0.2) is 5.11 Å². The Kier molecular flexibility index (Phi) is 3.29. The number of hydrogen-bond acceptors (Lipinski definition) is 2. The van der Waals surface area contributed by atoms with Crippen molar-refractivity contribution < 1.29 is 0 Å². The minimum atomic E-state index is 0.342. The highest BCUT2D eigenvalue weighted by molar-refractivity contribution is 9.11. The highest BCUT2D eigenvalue weighted by Gasteiger charge is 1.96. The molecule has 0 aromatic carbocycles. The van der Waals surface area contributed by atoms with E-state index in [-0.39, 0.29) is 0 Å². The normalized spacial score (nSPS) is 9.55. The van der Waals surface area contributed by atoms with Crippen LogP contribution in [0.2, 0.25) is 0 Å². The smallest absolute Gasteiger partial charge is 0.163 e. The molecule has 11 heavy (non-hydrogen) atoms. The van der Waals surface area contributed by atoms with Crippen molar-refractivity contribution in [3.05, 3.63) is 20.8 Å². The van der Waals surface area contributed by atoms with E-state index in [0.717, 1.165) is 3.79 Å². The second-order valence-corrected chi connectivity index (χ2v) is 4.91. The van der Waals surface area contributed by atoms with Gasteiger partial charge in [0.2, 0.25) is 0 Å². The van der Waals surface area contributed by atoms with Crippen molar-refractivity contribution in [2.24, 2.45) is 5.73 Å². The van der Waals surface area contributed by atoms with Gasteiger partial charge in [0.15, 0.2) is 5.11 Å². The molecule has 0 fully saturated rings. The monoisotopic (exact) mass is 250 g/mol. The molecule has 1 aromatic rings. The molecule has 0 aliphatic rings. The predicted octanol–water partition coefficient (Wildman–Crippen LogP) is 1.84. The Bertz CT molecular complexity index is 259. The second kappa shape index (κ2) is 4.04. The zero-order valence-electron chi connectivity index (χ0n) is 5.63. The number of halogens is 1. The third kappa shape index (κ3) is 3.18. The van der Waals surface area contributed by atoms with Crippen molar-refractivity contribution in [2.75, 3.05) is 0 Å². The maximum atomic E-state index is 5.26. The molecule has 1 heterocycles. The van der Waals surface area contributed by atoms with Gasteiger partial charge in [-0.3, -0.25) is 0 Å². The largest absolute Gasteiger partial charge is 0.376 e. The van der Waals surface area contributed by atoms with Crippen LogP contribution in [0.3, 0.4) is 0 Å². The van der Waals surface area contributed by atoms with Crippen molar-refractivity contribution in [1.82, 2.24) is 5.32 Å². The van der Waals surface area contributed by atoms with E-state index < -0.39 is 0 Å². The highest BCUT2D eigenvalue weighted by atomic mass is 79.9. The Morgan fingerprint density at radius 2 is 2.45 bits per heavy atom. The van der Waals surface area contributed by atoms with E-state index in [9.17, 15) is 0 Å². The lowest BCUT2D eigenvalue weighted by Crippen LogP contribution is -2.27. The van der Waals surface area contributed by atoms with Gasteiger partial charge in [-0.25, -0.2) is 0 Å². The Hall–Kier alpha value is -0.130. The third-order valence-electron chi connectivity index (χ3n) is 1.07. The number of hydrogen-bond donors (Lipinski definition) is 2. The van der Waals surface area contributed by atoms with Crippen LogP contribution < -0.4 is 11.1 Å². The van der Waals surface area contributed by atoms with E-state index in [4.69, 9.17) is 5.73 Å². The van der Waals surface area contributed by atoms with Crippen molar-refractivity contribution in [3.63, 3.8) is 0 Å². The van der Waals surface area contributed by atoms with E-state index in [0.29, 0.717) is 11.7 Å². The van der Waals surface area contributed by atoms with Crippen molar-refractivity contribution in [1.29, 1.82) is 0 Å². The molecule has 1 rings (SSSR count). The van der Waals surface area contributed by atoms with Gasteiger partial charge in [0, 0.05) is 4.88 Å². The fraction of sp³-hybridized carbons (Fsp3) is 0.167. The fourth-order valence-electron chi connectivity index (χ4n) is 0.621. The molecule has 0 atom stereocenters. The molecule has 5 heteroatoms. The van der Waals surface area contributed by atoms with E-state index in [1.54, 1.807) is 11.3 Å². The average molecular weight is 251 g/mol. The van der Waals surface area contributed by atoms with Crippen molar-refractivity contribution in [2.45, 2.75) is 6.54 Å². The van der Waals surface area contributed by atoms with E-state index in [1.165, 1.54) is 4.88 Å². The Labute approximate surface area is 82.9 Å². The number of thiophene rings is 1. The highest BCUT2D eigenvalue weighted by Crippen LogP contribution is 2.21. The Morgan fingerprint density at radius 3 is 2.91 bits per heavy atom. The first-order valence-electron chi connectivity index (χ1n) is 2.96. The summed E-state index contributed by atoms with van der Waals surface area (Å²) in [6.07, 6.45) is 0. The summed E-state index contributed by atoms with van der Waals surface area (Å²) in [6.45, 7) is 0.714. The number of nitrogens with one attached hydrogen (secondary N) is 1. The van der Waals surface area contributed by atoms with Crippen LogP contribution in [0.25, 0.3) is 0 Å². The summed E-state index contributed by atoms with van der Waals surface area (Å²) in [4.78, 5) is 1.21. The van der Waals surface area contributed by atoms with Gasteiger partial charge in [0.05, 0.1) is 10.3 Å². The average Bonchev–Trinajstić information content (AvgIpc) is 2.31. The maximum absolute atomic E-state index is 5.26. The maximum Gasteiger partial charge on any atom is 0.163 e. The van der Waals surface area contributed by atoms with Crippen LogP contribution in [0.5, 0.6) is 0 Å². The lowest BCUT2D eigenvalue weighted by Gasteiger charge is -1.98. The first-order chi connectivity index (χ1) is 5.18. The second-order valence-electron chi connectivity index (χ2n) is 1.92. The first kappa shape index (κ1) is 8.96. The van der Waals surface area contributed by atoms with Crippen LogP contribution in [0.4, 0.5) is 0 Å². The lowest BCUT2D eigenvalue weighted by molar-refractivity contribution is 0.940. The molecular weight excluding hydrogens is 244 g/mol. The topological polar surface area (TPSA) is 38.0 Å². The molecule has 0 radical (unpaired) electrons. The lowest BCUT2D eigenvalue weighted by atomic mass is 10.5. The van der Waals surface area contributed by atoms with Gasteiger partial charge in [-0.2, -0.15) is 0 Å². The zero-order valence-corrected chi connectivity index (χ0v) is 8.85. The number of thiocarbonyl (C=S) groups is 1. The van der Waals surface area contributed by atoms with Gasteiger partial charge in [0.25, 0.3) is 0 Å². The fourth-order valence-corrected chi connectivity index (χ4v) is 2.12. The summed E-state index contributed by atoms with van der Waals surface area (Å²) in [7, 11) is 0. The quantitative estimate of drug-likeness (QED) is 0.788. The molecule has 0 aliphatic carbocycles. The molecule has 2 nitrogen and oxygen atoms in total. The molecule has 1 aromatic heterocycles. The summed E-state index contributed by atoms with van der Waals surface area (Å²) in [5.74, 6) is 0. The molecule has 0 unspecified atom stereocenters. The zero-order chi connectivity index (χ0) is 8.27. The SMILES string of the molecule is NC(=S)NCc1ccc(Br)s1. The summed E-state index contributed by atoms with van der Waals surface area (Å²) in [5, 5.41) is 3.22. The molecule has 0 spiro atoms. The predicted molar refractivity (Wildman–Crippen MR) is 55.6 cm³/mol. The molecule has 0 amide bonds. The Balaban J connectivity index is 2.45. The van der Waals surface area contributed by atoms with Gasteiger partial charge in [-0.05, 0) is 40.3 Å². The minimum Gasteiger partial charge on any atom is -0.376 e. The minimum absolute atomic E-state index is 0.342. The van der Waals surface area contributed by atoms with Crippen LogP contribution in [0.1, 0.15) is 4.88 Å². The van der Waals surface area contributed by atoms with Gasteiger partial charge >= 0.3 is 0 Å². The van der Waals surface area contributed by atoms with Crippen molar-refractivity contribution >= 4 is 44.6 Å². The standard InChI is InChI=1S/C6H7BrN2S2/c7-5-2-1-4(11-5)3-9-6(8)10/h1-2H,3H2,(H3,8,9,10). The van der Waals surface area contributed by atoms with Gasteiger partial charge in [0.1, 0.15) is 0 Å². The summed E-state index contributed by atoms with van der Waals surface area (Å²) >= 11 is 9.70. The number of rotatable bonds is 2. The Morgan fingerprint density at radius 1 is 1.73 bits per heavy atom. The van der Waals surface area contributed by atoms with Gasteiger partial charge in [-0.15, -0.1) is 11.3 Å². The van der Waals surface area contributed by atoms with Gasteiger partial charge < -0.3 is 11.1 Å². The van der Waals surface area contributed by atoms with Crippen LogP contribution in [0.15, 0.2) is 15.9 Å². The first-order valence-corrected chi connectivity index (χ1v) is 4.98. The van der Waals surface area contributed by atoms with Crippen LogP contribution in [0, 0.1) is 0 Å². The third-order valence-corrected chi connectivity index (χ3v) is 2.83. The molecule has 3 N–H and O–H groups in total. The molecule has 0 bridgehead atoms. The van der Waals surface area contributed by atoms with Crippen molar-refractivity contribution in [3.8, 4) is 0 Å². The van der Waals surface area contributed by atoms with Crippen LogP contribution >= 0.6 is 39.5 Å². The molecular formula is C6H7BrN2S2. The molecule has 0 aliphatic heterocycles. The van der Waals surface area contributed by atoms with E-state index in [1.807, 2.05) is 12.1 Å². The summed E-state index contributed by atoms with van der Waals surface area (Å²) in [6, 6.07) is 4.03. The molecule has 0 saturated heterocycles. The van der Waals surface area contributed by atoms with E-state index in [2.05, 4.69) is 33.5 Å². The summed E-state index contributed by atoms with van der Waals surface area (Å²) in [5.41, 5.74) is 5.26. The van der Waals surface area contributed by atoms with Crippen LogP contribution in [-0.2, 0) is 6.54 Å². The molecule has 60 valence electrons. The van der Waals surface area contributed by atoms with Gasteiger partial charge in [-0.1, -0.05) is 0 Å². The number of nitrogens with two attached hydrogens (primary N) is 1. The molecule has 0 saturated carbocycles. The summed E-state index contributed by atoms with van der Waals surface area (Å²) < 4.78 is 1.12.